The topological polar surface area (TPSA) is 52.3 Å². The van der Waals surface area contributed by atoms with Crippen molar-refractivity contribution < 1.29 is 9.63 Å². The van der Waals surface area contributed by atoms with Crippen LogP contribution in [-0.4, -0.2) is 5.97 Å². The molecule has 0 aromatic carbocycles. The van der Waals surface area contributed by atoms with Gasteiger partial charge in [0.1, 0.15) is 0 Å². The lowest BCUT2D eigenvalue weighted by Crippen LogP contribution is -2.10. The molecule has 2 N–H and O–H groups in total. The molecule has 0 unspecified atom stereocenters. The number of allylic oxidation sites excluding steroid dienone is 1. The van der Waals surface area contributed by atoms with E-state index in [4.69, 9.17) is 0 Å². The second kappa shape index (κ2) is 7.57. The third kappa shape index (κ3) is 5.88. The highest BCUT2D eigenvalue weighted by atomic mass is 35.5. The van der Waals surface area contributed by atoms with Crippen molar-refractivity contribution in [1.82, 2.24) is 0 Å². The number of unbranched alkanes of at least 4 members (excludes halogenated alkanes) is 1. The van der Waals surface area contributed by atoms with Gasteiger partial charge in [-0.05, 0) is 13.3 Å². The van der Waals surface area contributed by atoms with Crippen LogP contribution in [0.2, 0.25) is 0 Å². The molecule has 0 saturated carbocycles. The van der Waals surface area contributed by atoms with Gasteiger partial charge in [-0.15, -0.1) is 12.4 Å². The van der Waals surface area contributed by atoms with E-state index in [-0.39, 0.29) is 12.4 Å². The fourth-order valence-electron chi connectivity index (χ4n) is 0.537. The van der Waals surface area contributed by atoms with Crippen molar-refractivity contribution >= 4 is 18.4 Å². The first-order chi connectivity index (χ1) is 4.72. The first-order valence-corrected chi connectivity index (χ1v) is 3.30. The van der Waals surface area contributed by atoms with E-state index < -0.39 is 5.97 Å². The summed E-state index contributed by atoms with van der Waals surface area (Å²) in [5.74, 6) is 4.20. The summed E-state index contributed by atoms with van der Waals surface area (Å²) < 4.78 is 0. The maximum absolute atomic E-state index is 10.6. The van der Waals surface area contributed by atoms with Crippen molar-refractivity contribution in [2.24, 2.45) is 5.90 Å². The van der Waals surface area contributed by atoms with Crippen molar-refractivity contribution in [2.75, 3.05) is 0 Å². The molecule has 0 aliphatic carbocycles. The van der Waals surface area contributed by atoms with Crippen LogP contribution in [0.25, 0.3) is 0 Å². The van der Waals surface area contributed by atoms with E-state index >= 15 is 0 Å². The molecule has 0 spiro atoms. The first kappa shape index (κ1) is 13.1. The van der Waals surface area contributed by atoms with Crippen molar-refractivity contribution in [3.63, 3.8) is 0 Å². The van der Waals surface area contributed by atoms with Crippen molar-refractivity contribution in [3.05, 3.63) is 11.6 Å². The van der Waals surface area contributed by atoms with Gasteiger partial charge in [0.15, 0.2) is 0 Å². The molecule has 0 aliphatic heterocycles. The minimum absolute atomic E-state index is 0. The van der Waals surface area contributed by atoms with Crippen LogP contribution >= 0.6 is 12.4 Å². The van der Waals surface area contributed by atoms with E-state index in [2.05, 4.69) is 10.7 Å². The molecule has 0 bridgehead atoms. The minimum Gasteiger partial charge on any atom is -0.370 e. The predicted octanol–water partition coefficient (Wildman–Crippen LogP) is 1.57. The summed E-state index contributed by atoms with van der Waals surface area (Å²) in [5, 5.41) is 0. The van der Waals surface area contributed by atoms with Crippen LogP contribution in [0, 0.1) is 0 Å². The van der Waals surface area contributed by atoms with E-state index in [9.17, 15) is 4.79 Å². The lowest BCUT2D eigenvalue weighted by Gasteiger charge is -1.95. The number of carbonyl (C=O) groups excluding carboxylic acids is 1. The summed E-state index contributed by atoms with van der Waals surface area (Å²) in [6, 6.07) is 0. The van der Waals surface area contributed by atoms with Gasteiger partial charge in [0.25, 0.3) is 0 Å². The Kier molecular flexibility index (Phi) is 9.00. The fraction of sp³-hybridized carbons (Fsp3) is 0.571. The normalized spacial score (nSPS) is 10.3. The number of carbonyl (C=O) groups is 1. The SMILES string of the molecule is CCCC=C(C)C(=O)ON.Cl. The van der Waals surface area contributed by atoms with Crippen LogP contribution in [-0.2, 0) is 9.63 Å². The summed E-state index contributed by atoms with van der Waals surface area (Å²) in [6.45, 7) is 3.72. The van der Waals surface area contributed by atoms with Crippen molar-refractivity contribution in [2.45, 2.75) is 26.7 Å². The molecule has 3 nitrogen and oxygen atoms in total. The zero-order valence-corrected chi connectivity index (χ0v) is 7.61. The van der Waals surface area contributed by atoms with Gasteiger partial charge in [0, 0.05) is 5.57 Å². The van der Waals surface area contributed by atoms with Gasteiger partial charge in [-0.3, -0.25) is 0 Å². The van der Waals surface area contributed by atoms with Crippen LogP contribution in [0.3, 0.4) is 0 Å². The molecule has 0 radical (unpaired) electrons. The fourth-order valence-corrected chi connectivity index (χ4v) is 0.537. The van der Waals surface area contributed by atoms with E-state index in [1.54, 1.807) is 6.92 Å². The smallest absolute Gasteiger partial charge is 0.351 e. The third-order valence-corrected chi connectivity index (χ3v) is 1.17. The van der Waals surface area contributed by atoms with Crippen LogP contribution in [0.1, 0.15) is 26.7 Å². The Bertz CT molecular complexity index is 145. The highest BCUT2D eigenvalue weighted by molar-refractivity contribution is 5.87. The molecule has 0 fully saturated rings. The maximum Gasteiger partial charge on any atom is 0.351 e. The van der Waals surface area contributed by atoms with Gasteiger partial charge in [0.2, 0.25) is 0 Å². The standard InChI is InChI=1S/C7H13NO2.ClH/c1-3-4-5-6(2)7(9)10-8;/h5H,3-4,8H2,1-2H3;1H. The monoisotopic (exact) mass is 179 g/mol. The average molecular weight is 180 g/mol. The zero-order valence-electron chi connectivity index (χ0n) is 6.79. The third-order valence-electron chi connectivity index (χ3n) is 1.17. The lowest BCUT2D eigenvalue weighted by molar-refractivity contribution is -0.139. The van der Waals surface area contributed by atoms with Gasteiger partial charge in [0.05, 0.1) is 0 Å². The second-order valence-electron chi connectivity index (χ2n) is 2.08. The Hall–Kier alpha value is -0.540. The Balaban J connectivity index is 0. The van der Waals surface area contributed by atoms with Gasteiger partial charge in [-0.1, -0.05) is 19.4 Å². The number of nitrogens with two attached hydrogens (primary N) is 1. The van der Waals surface area contributed by atoms with E-state index in [1.165, 1.54) is 0 Å². The van der Waals surface area contributed by atoms with Gasteiger partial charge in [-0.2, -0.15) is 5.90 Å². The first-order valence-electron chi connectivity index (χ1n) is 3.30. The predicted molar refractivity (Wildman–Crippen MR) is 46.2 cm³/mol. The highest BCUT2D eigenvalue weighted by Gasteiger charge is 2.00. The summed E-state index contributed by atoms with van der Waals surface area (Å²) in [6.07, 6.45) is 3.73. The molecule has 0 aliphatic rings. The van der Waals surface area contributed by atoms with Crippen LogP contribution < -0.4 is 5.90 Å². The molecule has 4 heteroatoms. The lowest BCUT2D eigenvalue weighted by atomic mass is 10.2. The molecule has 0 aromatic heterocycles. The van der Waals surface area contributed by atoms with E-state index in [0.717, 1.165) is 12.8 Å². The Labute approximate surface area is 73.0 Å². The van der Waals surface area contributed by atoms with Gasteiger partial charge >= 0.3 is 5.97 Å². The molecule has 0 aromatic rings. The number of halogens is 1. The summed E-state index contributed by atoms with van der Waals surface area (Å²) in [5.41, 5.74) is 0.573. The highest BCUT2D eigenvalue weighted by Crippen LogP contribution is 1.98. The van der Waals surface area contributed by atoms with Gasteiger partial charge < -0.3 is 4.84 Å². The van der Waals surface area contributed by atoms with Gasteiger partial charge in [-0.25, -0.2) is 4.79 Å². The molecule has 0 heterocycles. The molecule has 0 atom stereocenters. The van der Waals surface area contributed by atoms with E-state index in [0.29, 0.717) is 5.57 Å². The molecule has 0 rings (SSSR count). The number of rotatable bonds is 3. The van der Waals surface area contributed by atoms with Crippen molar-refractivity contribution in [1.29, 1.82) is 0 Å². The number of hydrogen-bond acceptors (Lipinski definition) is 3. The molecule has 11 heavy (non-hydrogen) atoms. The Morgan fingerprint density at radius 1 is 1.64 bits per heavy atom. The maximum atomic E-state index is 10.6. The van der Waals surface area contributed by atoms with E-state index in [1.807, 2.05) is 13.0 Å². The summed E-state index contributed by atoms with van der Waals surface area (Å²) >= 11 is 0. The number of hydrogen-bond donors (Lipinski definition) is 1. The molecule has 66 valence electrons. The summed E-state index contributed by atoms with van der Waals surface area (Å²) in [4.78, 5) is 14.6. The van der Waals surface area contributed by atoms with Crippen LogP contribution in [0.5, 0.6) is 0 Å². The average Bonchev–Trinajstić information content (AvgIpc) is 1.98. The molecular weight excluding hydrogens is 166 g/mol. The largest absolute Gasteiger partial charge is 0.370 e. The molecular formula is C7H14ClNO2. The van der Waals surface area contributed by atoms with Crippen LogP contribution in [0.4, 0.5) is 0 Å². The Morgan fingerprint density at radius 2 is 2.18 bits per heavy atom. The second-order valence-corrected chi connectivity index (χ2v) is 2.08. The van der Waals surface area contributed by atoms with Crippen LogP contribution in [0.15, 0.2) is 11.6 Å². The minimum atomic E-state index is -0.451. The van der Waals surface area contributed by atoms with Crippen molar-refractivity contribution in [3.8, 4) is 0 Å². The molecule has 0 amide bonds. The quantitative estimate of drug-likeness (QED) is 0.529. The summed E-state index contributed by atoms with van der Waals surface area (Å²) in [7, 11) is 0. The zero-order chi connectivity index (χ0) is 7.98. The molecule has 0 saturated heterocycles. The Morgan fingerprint density at radius 3 is 2.55 bits per heavy atom.